The van der Waals surface area contributed by atoms with Gasteiger partial charge in [0, 0.05) is 39.9 Å². The van der Waals surface area contributed by atoms with E-state index in [0.29, 0.717) is 0 Å². The molecule has 2 unspecified atom stereocenters. The van der Waals surface area contributed by atoms with Crippen molar-refractivity contribution in [3.63, 3.8) is 0 Å². The fourth-order valence-corrected chi connectivity index (χ4v) is 3.63. The van der Waals surface area contributed by atoms with Crippen LogP contribution in [0.4, 0.5) is 0 Å². The van der Waals surface area contributed by atoms with E-state index >= 15 is 0 Å². The Bertz CT molecular complexity index is 567. The number of hydrogen-bond acceptors (Lipinski definition) is 4. The second kappa shape index (κ2) is 13.3. The zero-order valence-corrected chi connectivity index (χ0v) is 19.2. The molecule has 6 nitrogen and oxygen atoms in total. The quantitative estimate of drug-likeness (QED) is 0.256. The van der Waals surface area contributed by atoms with Gasteiger partial charge < -0.3 is 24.4 Å². The number of guanidine groups is 1. The second-order valence-electron chi connectivity index (χ2n) is 7.08. The molecule has 0 saturated carbocycles. The molecule has 2 atom stereocenters. The fourth-order valence-electron chi connectivity index (χ4n) is 3.63. The zero-order valence-electron chi connectivity index (χ0n) is 16.8. The lowest BCUT2D eigenvalue weighted by Gasteiger charge is -2.37. The Morgan fingerprint density at radius 1 is 1.18 bits per heavy atom. The Morgan fingerprint density at radius 3 is 2.75 bits per heavy atom. The number of ether oxygens (including phenoxy) is 3. The van der Waals surface area contributed by atoms with Crippen LogP contribution < -0.4 is 5.32 Å². The molecule has 158 valence electrons. The van der Waals surface area contributed by atoms with Gasteiger partial charge in [0.25, 0.3) is 0 Å². The van der Waals surface area contributed by atoms with Crippen molar-refractivity contribution in [3.05, 3.63) is 35.9 Å². The number of benzene rings is 1. The van der Waals surface area contributed by atoms with E-state index in [1.807, 2.05) is 13.1 Å². The monoisotopic (exact) mass is 503 g/mol. The summed E-state index contributed by atoms with van der Waals surface area (Å²) in [6.07, 6.45) is 4.57. The predicted octanol–water partition coefficient (Wildman–Crippen LogP) is 2.71. The van der Waals surface area contributed by atoms with E-state index in [1.165, 1.54) is 5.56 Å². The van der Waals surface area contributed by atoms with Crippen LogP contribution >= 0.6 is 24.0 Å². The van der Waals surface area contributed by atoms with E-state index in [4.69, 9.17) is 14.2 Å². The lowest BCUT2D eigenvalue weighted by Crippen LogP contribution is -2.53. The van der Waals surface area contributed by atoms with E-state index in [0.717, 1.165) is 77.7 Å². The van der Waals surface area contributed by atoms with Crippen molar-refractivity contribution < 1.29 is 14.2 Å². The van der Waals surface area contributed by atoms with Crippen LogP contribution in [0.15, 0.2) is 35.3 Å². The van der Waals surface area contributed by atoms with E-state index in [9.17, 15) is 0 Å². The number of rotatable bonds is 8. The minimum Gasteiger partial charge on any atom is -0.381 e. The first-order valence-electron chi connectivity index (χ1n) is 10.2. The summed E-state index contributed by atoms with van der Waals surface area (Å²) in [4.78, 5) is 6.72. The largest absolute Gasteiger partial charge is 0.381 e. The average Bonchev–Trinajstić information content (AvgIpc) is 3.26. The van der Waals surface area contributed by atoms with Gasteiger partial charge in [0.05, 0.1) is 19.3 Å². The molecule has 0 radical (unpaired) electrons. The Hall–Kier alpha value is -0.900. The first-order valence-corrected chi connectivity index (χ1v) is 10.2. The van der Waals surface area contributed by atoms with Gasteiger partial charge in [-0.25, -0.2) is 0 Å². The van der Waals surface area contributed by atoms with Crippen LogP contribution in [0.2, 0.25) is 0 Å². The number of morpholine rings is 1. The summed E-state index contributed by atoms with van der Waals surface area (Å²) < 4.78 is 17.5. The van der Waals surface area contributed by atoms with Gasteiger partial charge in [0.1, 0.15) is 6.10 Å². The van der Waals surface area contributed by atoms with Crippen molar-refractivity contribution in [2.24, 2.45) is 4.99 Å². The third kappa shape index (κ3) is 7.50. The van der Waals surface area contributed by atoms with Crippen molar-refractivity contribution >= 4 is 29.9 Å². The summed E-state index contributed by atoms with van der Waals surface area (Å²) in [5, 5.41) is 3.46. The van der Waals surface area contributed by atoms with Gasteiger partial charge in [0.2, 0.25) is 0 Å². The van der Waals surface area contributed by atoms with Gasteiger partial charge >= 0.3 is 0 Å². The lowest BCUT2D eigenvalue weighted by molar-refractivity contribution is -0.0817. The maximum absolute atomic E-state index is 5.92. The lowest BCUT2D eigenvalue weighted by atomic mass is 10.1. The molecule has 0 aliphatic carbocycles. The molecule has 2 aliphatic rings. The molecule has 0 spiro atoms. The summed E-state index contributed by atoms with van der Waals surface area (Å²) in [5.41, 5.74) is 1.32. The van der Waals surface area contributed by atoms with Crippen molar-refractivity contribution in [3.8, 4) is 0 Å². The van der Waals surface area contributed by atoms with E-state index in [1.54, 1.807) is 0 Å². The molecular weight excluding hydrogens is 469 g/mol. The maximum atomic E-state index is 5.92. The molecule has 1 N–H and O–H groups in total. The van der Waals surface area contributed by atoms with Crippen molar-refractivity contribution in [1.82, 2.24) is 10.2 Å². The Morgan fingerprint density at radius 2 is 2.00 bits per heavy atom. The number of nitrogens with zero attached hydrogens (tertiary/aromatic N) is 2. The molecule has 0 amide bonds. The molecule has 0 aromatic heterocycles. The highest BCUT2D eigenvalue weighted by Gasteiger charge is 2.32. The molecular formula is C21H34IN3O3. The summed E-state index contributed by atoms with van der Waals surface area (Å²) in [5.74, 6) is 0.950. The van der Waals surface area contributed by atoms with Crippen molar-refractivity contribution in [1.29, 1.82) is 0 Å². The van der Waals surface area contributed by atoms with Crippen LogP contribution in [0.3, 0.4) is 0 Å². The van der Waals surface area contributed by atoms with Gasteiger partial charge in [-0.15, -0.1) is 24.0 Å². The fraction of sp³-hybridized carbons (Fsp3) is 0.667. The SMILES string of the molecule is CN=C(NCCCOCCc1ccccc1)N1CCOC(C2CCCO2)C1.I. The van der Waals surface area contributed by atoms with Gasteiger partial charge in [-0.1, -0.05) is 30.3 Å². The first-order chi connectivity index (χ1) is 13.4. The summed E-state index contributed by atoms with van der Waals surface area (Å²) in [6.45, 7) is 5.70. The molecule has 7 heteroatoms. The predicted molar refractivity (Wildman–Crippen MR) is 123 cm³/mol. The zero-order chi connectivity index (χ0) is 18.7. The summed E-state index contributed by atoms with van der Waals surface area (Å²) in [6, 6.07) is 10.5. The minimum atomic E-state index is 0. The summed E-state index contributed by atoms with van der Waals surface area (Å²) >= 11 is 0. The van der Waals surface area contributed by atoms with Crippen molar-refractivity contribution in [2.45, 2.75) is 37.9 Å². The topological polar surface area (TPSA) is 55.3 Å². The van der Waals surface area contributed by atoms with Crippen LogP contribution in [-0.2, 0) is 20.6 Å². The Balaban J connectivity index is 0.00000280. The third-order valence-electron chi connectivity index (χ3n) is 5.11. The van der Waals surface area contributed by atoms with Crippen LogP contribution in [0, 0.1) is 0 Å². The van der Waals surface area contributed by atoms with Gasteiger partial charge in [-0.05, 0) is 31.2 Å². The highest BCUT2D eigenvalue weighted by atomic mass is 127. The first kappa shape index (κ1) is 23.4. The molecule has 0 bridgehead atoms. The Kier molecular flexibility index (Phi) is 11.1. The molecule has 2 heterocycles. The van der Waals surface area contributed by atoms with E-state index in [-0.39, 0.29) is 36.2 Å². The number of nitrogens with one attached hydrogen (secondary N) is 1. The molecule has 1 aromatic carbocycles. The van der Waals surface area contributed by atoms with Gasteiger partial charge in [0.15, 0.2) is 5.96 Å². The molecule has 28 heavy (non-hydrogen) atoms. The van der Waals surface area contributed by atoms with Crippen LogP contribution in [0.5, 0.6) is 0 Å². The van der Waals surface area contributed by atoms with Gasteiger partial charge in [-0.3, -0.25) is 4.99 Å². The molecule has 2 fully saturated rings. The van der Waals surface area contributed by atoms with Crippen LogP contribution in [0.25, 0.3) is 0 Å². The highest BCUT2D eigenvalue weighted by Crippen LogP contribution is 2.21. The summed E-state index contributed by atoms with van der Waals surface area (Å²) in [7, 11) is 1.84. The van der Waals surface area contributed by atoms with Gasteiger partial charge in [-0.2, -0.15) is 0 Å². The normalized spacial score (nSPS) is 22.8. The van der Waals surface area contributed by atoms with Crippen molar-refractivity contribution in [2.75, 3.05) is 53.1 Å². The number of halogens is 1. The maximum Gasteiger partial charge on any atom is 0.193 e. The Labute approximate surface area is 186 Å². The average molecular weight is 503 g/mol. The minimum absolute atomic E-state index is 0. The molecule has 2 aliphatic heterocycles. The molecule has 3 rings (SSSR count). The number of hydrogen-bond donors (Lipinski definition) is 1. The van der Waals surface area contributed by atoms with Crippen LogP contribution in [0.1, 0.15) is 24.8 Å². The van der Waals surface area contributed by atoms with E-state index in [2.05, 4.69) is 39.5 Å². The smallest absolute Gasteiger partial charge is 0.193 e. The number of aliphatic imine (C=N–C) groups is 1. The molecule has 1 aromatic rings. The standard InChI is InChI=1S/C21H33N3O3.HI/c1-22-21(24-12-16-27-20(17-24)19-9-5-14-26-19)23-11-6-13-25-15-10-18-7-3-2-4-8-18;/h2-4,7-8,19-20H,5-6,9-17H2,1H3,(H,22,23);1H. The highest BCUT2D eigenvalue weighted by molar-refractivity contribution is 14.0. The molecule has 2 saturated heterocycles. The van der Waals surface area contributed by atoms with E-state index < -0.39 is 0 Å². The third-order valence-corrected chi connectivity index (χ3v) is 5.11. The second-order valence-corrected chi connectivity index (χ2v) is 7.08. The van der Waals surface area contributed by atoms with Crippen LogP contribution in [-0.4, -0.2) is 76.2 Å².